The predicted molar refractivity (Wildman–Crippen MR) is 98.8 cm³/mol. The average molecular weight is 448 g/mol. The number of nitrogens with one attached hydrogen (secondary N) is 1. The van der Waals surface area contributed by atoms with Gasteiger partial charge in [0.15, 0.2) is 5.69 Å². The third-order valence-electron chi connectivity index (χ3n) is 4.02. The van der Waals surface area contributed by atoms with Crippen molar-refractivity contribution in [3.63, 3.8) is 0 Å². The van der Waals surface area contributed by atoms with Crippen molar-refractivity contribution < 1.29 is 26.3 Å². The molecule has 0 saturated heterocycles. The molecule has 2 aromatic carbocycles. The smallest absolute Gasteiger partial charge is 0.324 e. The van der Waals surface area contributed by atoms with Crippen molar-refractivity contribution in [2.45, 2.75) is 18.9 Å². The van der Waals surface area contributed by atoms with Crippen molar-refractivity contribution in [3.8, 4) is 0 Å². The molecule has 0 atom stereocenters. The van der Waals surface area contributed by atoms with Gasteiger partial charge in [-0.15, -0.1) is 0 Å². The molecular formula is C19H12ClF6N3O. The molecule has 1 heterocycles. The van der Waals surface area contributed by atoms with Crippen molar-refractivity contribution in [2.24, 2.45) is 0 Å². The molecule has 11 heteroatoms. The van der Waals surface area contributed by atoms with Gasteiger partial charge >= 0.3 is 12.4 Å². The van der Waals surface area contributed by atoms with Crippen LogP contribution in [0.25, 0.3) is 0 Å². The van der Waals surface area contributed by atoms with Crippen LogP contribution in [0.5, 0.6) is 0 Å². The highest BCUT2D eigenvalue weighted by atomic mass is 35.5. The van der Waals surface area contributed by atoms with Crippen LogP contribution in [-0.4, -0.2) is 9.55 Å². The number of hydrogen-bond donors (Lipinski definition) is 1. The number of anilines is 2. The Kier molecular flexibility index (Phi) is 5.80. The van der Waals surface area contributed by atoms with Crippen molar-refractivity contribution >= 4 is 23.2 Å². The third kappa shape index (κ3) is 4.93. The lowest BCUT2D eigenvalue weighted by Crippen LogP contribution is -2.27. The minimum atomic E-state index is -4.93. The topological polar surface area (TPSA) is 46.9 Å². The van der Waals surface area contributed by atoms with Gasteiger partial charge in [0.05, 0.1) is 22.8 Å². The van der Waals surface area contributed by atoms with Crippen LogP contribution in [0.2, 0.25) is 5.02 Å². The minimum Gasteiger partial charge on any atom is -0.324 e. The van der Waals surface area contributed by atoms with Crippen molar-refractivity contribution in [1.82, 2.24) is 9.55 Å². The molecule has 30 heavy (non-hydrogen) atoms. The van der Waals surface area contributed by atoms with Gasteiger partial charge in [-0.25, -0.2) is 4.98 Å². The van der Waals surface area contributed by atoms with E-state index in [9.17, 15) is 31.1 Å². The largest absolute Gasteiger partial charge is 0.433 e. The molecule has 0 aliphatic carbocycles. The van der Waals surface area contributed by atoms with Gasteiger partial charge in [-0.3, -0.25) is 9.36 Å². The Hall–Kier alpha value is -3.01. The second-order valence-corrected chi connectivity index (χ2v) is 6.60. The van der Waals surface area contributed by atoms with Gasteiger partial charge < -0.3 is 5.32 Å². The Balaban J connectivity index is 2.12. The van der Waals surface area contributed by atoms with Crippen LogP contribution in [-0.2, 0) is 18.9 Å². The van der Waals surface area contributed by atoms with Crippen LogP contribution in [0.3, 0.4) is 0 Å². The Morgan fingerprint density at radius 3 is 2.20 bits per heavy atom. The van der Waals surface area contributed by atoms with E-state index < -0.39 is 35.1 Å². The number of aromatic nitrogens is 2. The SMILES string of the molecule is O=c1cc(C(F)(F)F)nc(Nc2cc(C(F)(F)F)ccc2Cl)n1Cc1ccccc1. The van der Waals surface area contributed by atoms with Gasteiger partial charge in [0.25, 0.3) is 5.56 Å². The highest BCUT2D eigenvalue weighted by Gasteiger charge is 2.35. The molecule has 0 saturated carbocycles. The lowest BCUT2D eigenvalue weighted by atomic mass is 10.2. The molecule has 0 spiro atoms. The molecule has 158 valence electrons. The second-order valence-electron chi connectivity index (χ2n) is 6.19. The molecule has 0 unspecified atom stereocenters. The van der Waals surface area contributed by atoms with Crippen LogP contribution in [0.4, 0.5) is 38.0 Å². The molecule has 0 fully saturated rings. The molecule has 0 bridgehead atoms. The van der Waals surface area contributed by atoms with E-state index in [0.717, 1.165) is 16.7 Å². The van der Waals surface area contributed by atoms with Gasteiger partial charge in [-0.1, -0.05) is 41.9 Å². The number of halogens is 7. The first-order valence-electron chi connectivity index (χ1n) is 8.32. The summed E-state index contributed by atoms with van der Waals surface area (Å²) >= 11 is 5.91. The zero-order valence-electron chi connectivity index (χ0n) is 14.9. The molecule has 0 radical (unpaired) electrons. The van der Waals surface area contributed by atoms with Gasteiger partial charge in [0, 0.05) is 6.07 Å². The molecule has 3 rings (SSSR count). The number of hydrogen-bond acceptors (Lipinski definition) is 3. The van der Waals surface area contributed by atoms with Crippen LogP contribution >= 0.6 is 11.6 Å². The molecule has 0 aliphatic heterocycles. The number of alkyl halides is 6. The fourth-order valence-corrected chi connectivity index (χ4v) is 2.75. The highest BCUT2D eigenvalue weighted by molar-refractivity contribution is 6.33. The Morgan fingerprint density at radius 1 is 0.933 bits per heavy atom. The summed E-state index contributed by atoms with van der Waals surface area (Å²) < 4.78 is 79.3. The van der Waals surface area contributed by atoms with E-state index in [-0.39, 0.29) is 17.3 Å². The van der Waals surface area contributed by atoms with Gasteiger partial charge in [0.1, 0.15) is 0 Å². The maximum absolute atomic E-state index is 13.1. The summed E-state index contributed by atoms with van der Waals surface area (Å²) in [6.07, 6.45) is -9.63. The normalized spacial score (nSPS) is 12.1. The van der Waals surface area contributed by atoms with Gasteiger partial charge in [-0.2, -0.15) is 26.3 Å². The van der Waals surface area contributed by atoms with E-state index in [1.165, 1.54) is 0 Å². The molecule has 0 amide bonds. The summed E-state index contributed by atoms with van der Waals surface area (Å²) in [5, 5.41) is 2.15. The second kappa shape index (κ2) is 8.02. The number of benzene rings is 2. The first kappa shape index (κ1) is 21.7. The Bertz CT molecular complexity index is 1110. The standard InChI is InChI=1S/C19H12ClF6N3O/c20-13-7-6-12(18(21,22)23)8-14(13)27-17-28-15(19(24,25)26)9-16(30)29(17)10-11-4-2-1-3-5-11/h1-9H,10H2,(H,27,28). The van der Waals surface area contributed by atoms with Gasteiger partial charge in [0.2, 0.25) is 5.95 Å². The highest BCUT2D eigenvalue weighted by Crippen LogP contribution is 2.35. The van der Waals surface area contributed by atoms with E-state index in [2.05, 4.69) is 10.3 Å². The van der Waals surface area contributed by atoms with Crippen LogP contribution < -0.4 is 10.9 Å². The molecular weight excluding hydrogens is 436 g/mol. The maximum Gasteiger partial charge on any atom is 0.433 e. The van der Waals surface area contributed by atoms with E-state index >= 15 is 0 Å². The molecule has 4 nitrogen and oxygen atoms in total. The summed E-state index contributed by atoms with van der Waals surface area (Å²) in [5.74, 6) is -0.597. The van der Waals surface area contributed by atoms with Crippen LogP contribution in [0.1, 0.15) is 16.8 Å². The summed E-state index contributed by atoms with van der Waals surface area (Å²) in [6.45, 7) is -0.163. The molecule has 3 aromatic rings. The first-order chi connectivity index (χ1) is 13.9. The first-order valence-corrected chi connectivity index (χ1v) is 8.70. The zero-order valence-corrected chi connectivity index (χ0v) is 15.6. The lowest BCUT2D eigenvalue weighted by molar-refractivity contribution is -0.141. The number of rotatable bonds is 4. The van der Waals surface area contributed by atoms with Crippen molar-refractivity contribution in [2.75, 3.05) is 5.32 Å². The Labute approximate surface area is 170 Å². The van der Waals surface area contributed by atoms with Crippen molar-refractivity contribution in [1.29, 1.82) is 0 Å². The monoisotopic (exact) mass is 447 g/mol. The summed E-state index contributed by atoms with van der Waals surface area (Å²) in [7, 11) is 0. The quantitative estimate of drug-likeness (QED) is 0.520. The molecule has 0 aliphatic rings. The average Bonchev–Trinajstić information content (AvgIpc) is 2.65. The summed E-state index contributed by atoms with van der Waals surface area (Å²) in [4.78, 5) is 15.8. The lowest BCUT2D eigenvalue weighted by Gasteiger charge is -2.17. The fourth-order valence-electron chi connectivity index (χ4n) is 2.58. The number of nitrogens with zero attached hydrogens (tertiary/aromatic N) is 2. The zero-order chi connectivity index (χ0) is 22.1. The van der Waals surface area contributed by atoms with E-state index in [4.69, 9.17) is 11.6 Å². The van der Waals surface area contributed by atoms with E-state index in [1.54, 1.807) is 30.3 Å². The van der Waals surface area contributed by atoms with Crippen LogP contribution in [0, 0.1) is 0 Å². The third-order valence-corrected chi connectivity index (χ3v) is 4.35. The summed E-state index contributed by atoms with van der Waals surface area (Å²) in [6, 6.07) is 10.9. The predicted octanol–water partition coefficient (Wildman–Crippen LogP) is 5.73. The Morgan fingerprint density at radius 2 is 1.60 bits per heavy atom. The van der Waals surface area contributed by atoms with Crippen molar-refractivity contribution in [3.05, 3.63) is 86.8 Å². The minimum absolute atomic E-state index is 0.163. The van der Waals surface area contributed by atoms with Crippen LogP contribution in [0.15, 0.2) is 59.4 Å². The van der Waals surface area contributed by atoms with E-state index in [1.807, 2.05) is 0 Å². The van der Waals surface area contributed by atoms with Gasteiger partial charge in [-0.05, 0) is 23.8 Å². The fraction of sp³-hybridized carbons (Fsp3) is 0.158. The molecule has 1 aromatic heterocycles. The van der Waals surface area contributed by atoms with E-state index in [0.29, 0.717) is 17.7 Å². The summed E-state index contributed by atoms with van der Waals surface area (Å²) in [5.41, 5.74) is -3.37. The molecule has 1 N–H and O–H groups in total. The maximum atomic E-state index is 13.1.